The quantitative estimate of drug-likeness (QED) is 0.676. The molecule has 0 aliphatic heterocycles. The second-order valence-electron chi connectivity index (χ2n) is 3.74. The fraction of sp³-hybridized carbons (Fsp3) is 0.167. The summed E-state index contributed by atoms with van der Waals surface area (Å²) in [5.41, 5.74) is 4.09. The van der Waals surface area contributed by atoms with Gasteiger partial charge in [-0.3, -0.25) is 5.84 Å². The minimum atomic E-state index is -0.307. The molecule has 0 aliphatic carbocycles. The molecule has 17 heavy (non-hydrogen) atoms. The Morgan fingerprint density at radius 2 is 2.18 bits per heavy atom. The third kappa shape index (κ3) is 2.41. The van der Waals surface area contributed by atoms with E-state index in [1.807, 2.05) is 0 Å². The molecular weight excluding hydrogens is 287 g/mol. The van der Waals surface area contributed by atoms with E-state index in [0.717, 1.165) is 10.0 Å². The molecule has 0 fully saturated rings. The van der Waals surface area contributed by atoms with Crippen LogP contribution in [0.5, 0.6) is 0 Å². The summed E-state index contributed by atoms with van der Waals surface area (Å²) in [4.78, 5) is 0. The second-order valence-corrected chi connectivity index (χ2v) is 4.60. The van der Waals surface area contributed by atoms with Gasteiger partial charge in [0.05, 0.1) is 10.7 Å². The lowest BCUT2D eigenvalue weighted by Gasteiger charge is -2.15. The molecule has 1 unspecified atom stereocenters. The molecule has 1 aromatic carbocycles. The monoisotopic (exact) mass is 298 g/mol. The molecule has 1 atom stereocenters. The van der Waals surface area contributed by atoms with Crippen LogP contribution in [0.4, 0.5) is 4.39 Å². The Kier molecular flexibility index (Phi) is 3.61. The number of hydrogen-bond acceptors (Lipinski definition) is 3. The zero-order chi connectivity index (χ0) is 12.4. The molecule has 90 valence electrons. The van der Waals surface area contributed by atoms with Gasteiger partial charge in [-0.25, -0.2) is 9.82 Å². The normalized spacial score (nSPS) is 12.7. The van der Waals surface area contributed by atoms with Gasteiger partial charge in [-0.1, -0.05) is 12.1 Å². The number of nitrogens with one attached hydrogen (secondary N) is 1. The highest BCUT2D eigenvalue weighted by Gasteiger charge is 2.19. The van der Waals surface area contributed by atoms with Crippen LogP contribution in [0.25, 0.3) is 0 Å². The number of nitrogens with two attached hydrogens (primary N) is 1. The van der Waals surface area contributed by atoms with Crippen LogP contribution in [0.1, 0.15) is 22.9 Å². The van der Waals surface area contributed by atoms with Crippen molar-refractivity contribution in [2.75, 3.05) is 0 Å². The number of aryl methyl sites for hydroxylation is 1. The number of hydrazine groups is 1. The Balaban J connectivity index is 2.42. The van der Waals surface area contributed by atoms with Gasteiger partial charge in [-0.05, 0) is 46.1 Å². The zero-order valence-corrected chi connectivity index (χ0v) is 10.8. The molecule has 3 N–H and O–H groups in total. The van der Waals surface area contributed by atoms with Crippen molar-refractivity contribution in [3.8, 4) is 0 Å². The van der Waals surface area contributed by atoms with Crippen LogP contribution in [-0.2, 0) is 0 Å². The maximum atomic E-state index is 13.2. The van der Waals surface area contributed by atoms with E-state index in [0.29, 0.717) is 11.3 Å². The lowest BCUT2D eigenvalue weighted by atomic mass is 10.0. The van der Waals surface area contributed by atoms with Crippen LogP contribution in [0, 0.1) is 12.7 Å². The van der Waals surface area contributed by atoms with Gasteiger partial charge in [0, 0.05) is 0 Å². The summed E-state index contributed by atoms with van der Waals surface area (Å²) >= 11 is 3.37. The molecule has 0 amide bonds. The van der Waals surface area contributed by atoms with Gasteiger partial charge >= 0.3 is 0 Å². The van der Waals surface area contributed by atoms with Crippen LogP contribution < -0.4 is 11.3 Å². The van der Waals surface area contributed by atoms with E-state index in [4.69, 9.17) is 10.3 Å². The summed E-state index contributed by atoms with van der Waals surface area (Å²) in [5.74, 6) is 5.96. The van der Waals surface area contributed by atoms with E-state index in [1.165, 1.54) is 6.07 Å². The van der Waals surface area contributed by atoms with Gasteiger partial charge in [0.2, 0.25) is 0 Å². The Morgan fingerprint density at radius 3 is 2.71 bits per heavy atom. The van der Waals surface area contributed by atoms with Gasteiger partial charge in [0.15, 0.2) is 0 Å². The minimum Gasteiger partial charge on any atom is -0.466 e. The molecule has 0 saturated heterocycles. The SMILES string of the molecule is Cc1cc(C(NN)c2occc2Br)ccc1F. The number of benzene rings is 1. The summed E-state index contributed by atoms with van der Waals surface area (Å²) in [5, 5.41) is 0. The Hall–Kier alpha value is -1.17. The average molecular weight is 299 g/mol. The van der Waals surface area contributed by atoms with Crippen LogP contribution in [0.2, 0.25) is 0 Å². The van der Waals surface area contributed by atoms with Crippen molar-refractivity contribution >= 4 is 15.9 Å². The summed E-state index contributed by atoms with van der Waals surface area (Å²) in [7, 11) is 0. The lowest BCUT2D eigenvalue weighted by Crippen LogP contribution is -2.28. The fourth-order valence-corrected chi connectivity index (χ4v) is 2.11. The second kappa shape index (κ2) is 5.00. The zero-order valence-electron chi connectivity index (χ0n) is 9.21. The topological polar surface area (TPSA) is 51.2 Å². The molecule has 1 aromatic heterocycles. The van der Waals surface area contributed by atoms with Crippen molar-refractivity contribution in [1.29, 1.82) is 0 Å². The maximum absolute atomic E-state index is 13.2. The maximum Gasteiger partial charge on any atom is 0.140 e. The van der Waals surface area contributed by atoms with Crippen molar-refractivity contribution < 1.29 is 8.81 Å². The summed E-state index contributed by atoms with van der Waals surface area (Å²) < 4.78 is 19.4. The van der Waals surface area contributed by atoms with Gasteiger partial charge < -0.3 is 4.42 Å². The van der Waals surface area contributed by atoms with E-state index >= 15 is 0 Å². The molecular formula is C12H12BrFN2O. The van der Waals surface area contributed by atoms with Crippen LogP contribution in [0.3, 0.4) is 0 Å². The van der Waals surface area contributed by atoms with Crippen LogP contribution >= 0.6 is 15.9 Å². The fourth-order valence-electron chi connectivity index (χ4n) is 1.68. The number of hydrogen-bond donors (Lipinski definition) is 2. The number of halogens is 2. The molecule has 5 heteroatoms. The molecule has 0 spiro atoms. The largest absolute Gasteiger partial charge is 0.466 e. The van der Waals surface area contributed by atoms with Crippen molar-refractivity contribution in [3.63, 3.8) is 0 Å². The van der Waals surface area contributed by atoms with Gasteiger partial charge in [-0.15, -0.1) is 0 Å². The van der Waals surface area contributed by atoms with Crippen molar-refractivity contribution in [2.24, 2.45) is 5.84 Å². The van der Waals surface area contributed by atoms with E-state index in [9.17, 15) is 4.39 Å². The van der Waals surface area contributed by atoms with E-state index < -0.39 is 0 Å². The first-order valence-electron chi connectivity index (χ1n) is 5.08. The van der Waals surface area contributed by atoms with Gasteiger partial charge in [-0.2, -0.15) is 0 Å². The standard InChI is InChI=1S/C12H12BrFN2O/c1-7-6-8(2-3-10(7)14)11(16-15)12-9(13)4-5-17-12/h2-6,11,16H,15H2,1H3. The first-order chi connectivity index (χ1) is 8.13. The van der Waals surface area contributed by atoms with Gasteiger partial charge in [0.1, 0.15) is 17.6 Å². The third-order valence-electron chi connectivity index (χ3n) is 2.59. The Morgan fingerprint density at radius 1 is 1.41 bits per heavy atom. The Labute approximate surface area is 107 Å². The summed E-state index contributed by atoms with van der Waals surface area (Å²) in [6.45, 7) is 1.71. The first kappa shape index (κ1) is 12.3. The van der Waals surface area contributed by atoms with E-state index in [2.05, 4.69) is 21.4 Å². The highest BCUT2D eigenvalue weighted by molar-refractivity contribution is 9.10. The molecule has 1 heterocycles. The number of furan rings is 1. The summed E-state index contributed by atoms with van der Waals surface area (Å²) in [6.07, 6.45) is 1.57. The smallest absolute Gasteiger partial charge is 0.140 e. The highest BCUT2D eigenvalue weighted by Crippen LogP contribution is 2.29. The van der Waals surface area contributed by atoms with Crippen molar-refractivity contribution in [3.05, 3.63) is 57.7 Å². The van der Waals surface area contributed by atoms with Crippen molar-refractivity contribution in [1.82, 2.24) is 5.43 Å². The van der Waals surface area contributed by atoms with E-state index in [1.54, 1.807) is 31.4 Å². The number of rotatable bonds is 3. The highest BCUT2D eigenvalue weighted by atomic mass is 79.9. The molecule has 2 aromatic rings. The van der Waals surface area contributed by atoms with E-state index in [-0.39, 0.29) is 11.9 Å². The molecule has 0 radical (unpaired) electrons. The van der Waals surface area contributed by atoms with Crippen LogP contribution in [-0.4, -0.2) is 0 Å². The third-order valence-corrected chi connectivity index (χ3v) is 3.24. The molecule has 0 aliphatic rings. The predicted molar refractivity (Wildman–Crippen MR) is 66.7 cm³/mol. The molecule has 0 saturated carbocycles. The Bertz CT molecular complexity index is 527. The van der Waals surface area contributed by atoms with Gasteiger partial charge in [0.25, 0.3) is 0 Å². The minimum absolute atomic E-state index is 0.233. The lowest BCUT2D eigenvalue weighted by molar-refractivity contribution is 0.449. The first-order valence-corrected chi connectivity index (χ1v) is 5.88. The summed E-state index contributed by atoms with van der Waals surface area (Å²) in [6, 6.07) is 6.33. The molecule has 0 bridgehead atoms. The average Bonchev–Trinajstić information content (AvgIpc) is 2.71. The molecule has 3 nitrogen and oxygen atoms in total. The van der Waals surface area contributed by atoms with Crippen molar-refractivity contribution in [2.45, 2.75) is 13.0 Å². The van der Waals surface area contributed by atoms with Crippen LogP contribution in [0.15, 0.2) is 39.4 Å². The predicted octanol–water partition coefficient (Wildman–Crippen LogP) is 3.04. The molecule has 2 rings (SSSR count).